The average molecular weight is 379 g/mol. The summed E-state index contributed by atoms with van der Waals surface area (Å²) in [6.07, 6.45) is 14.7. The molecule has 0 aromatic carbocycles. The van der Waals surface area contributed by atoms with Gasteiger partial charge in [0.05, 0.1) is 0 Å². The Morgan fingerprint density at radius 1 is 0.667 bits per heavy atom. The van der Waals surface area contributed by atoms with Gasteiger partial charge in [0.25, 0.3) is 0 Å². The maximum absolute atomic E-state index is 14.6. The zero-order valence-corrected chi connectivity index (χ0v) is 18.9. The molecule has 158 valence electrons. The molecule has 3 fully saturated rings. The third kappa shape index (κ3) is 4.75. The van der Waals surface area contributed by atoms with E-state index < -0.39 is 6.17 Å². The van der Waals surface area contributed by atoms with Gasteiger partial charge in [0.1, 0.15) is 6.17 Å². The van der Waals surface area contributed by atoms with Crippen molar-refractivity contribution < 1.29 is 4.39 Å². The normalized spacial score (nSPS) is 49.1. The molecule has 0 bridgehead atoms. The number of alkyl halides is 1. The van der Waals surface area contributed by atoms with Crippen molar-refractivity contribution in [3.8, 4) is 0 Å². The molecule has 1 heteroatoms. The van der Waals surface area contributed by atoms with E-state index in [1.807, 2.05) is 0 Å². The Morgan fingerprint density at radius 3 is 1.81 bits per heavy atom. The van der Waals surface area contributed by atoms with Crippen molar-refractivity contribution in [3.05, 3.63) is 0 Å². The van der Waals surface area contributed by atoms with Gasteiger partial charge in [0.15, 0.2) is 0 Å². The monoisotopic (exact) mass is 378 g/mol. The molecule has 0 spiro atoms. The smallest absolute Gasteiger partial charge is 0.105 e. The lowest BCUT2D eigenvalue weighted by molar-refractivity contribution is 0.00703. The minimum Gasteiger partial charge on any atom is -0.247 e. The number of rotatable bonds is 5. The molecule has 0 heterocycles. The van der Waals surface area contributed by atoms with Gasteiger partial charge in [-0.05, 0) is 105 Å². The number of hydrogen-bond acceptors (Lipinski definition) is 0. The summed E-state index contributed by atoms with van der Waals surface area (Å²) in [5.41, 5.74) is 0. The van der Waals surface area contributed by atoms with E-state index >= 15 is 0 Å². The van der Waals surface area contributed by atoms with E-state index in [0.717, 1.165) is 41.9 Å². The lowest BCUT2D eigenvalue weighted by atomic mass is 9.58. The summed E-state index contributed by atoms with van der Waals surface area (Å²) in [7, 11) is 0. The van der Waals surface area contributed by atoms with Crippen LogP contribution < -0.4 is 0 Å². The molecule has 0 aromatic heterocycles. The van der Waals surface area contributed by atoms with Gasteiger partial charge < -0.3 is 0 Å². The van der Waals surface area contributed by atoms with Crippen LogP contribution in [0.15, 0.2) is 0 Å². The first-order valence-corrected chi connectivity index (χ1v) is 12.6. The van der Waals surface area contributed by atoms with Crippen molar-refractivity contribution >= 4 is 0 Å². The molecule has 0 radical (unpaired) electrons. The quantitative estimate of drug-likeness (QED) is 0.451. The Kier molecular flexibility index (Phi) is 7.71. The van der Waals surface area contributed by atoms with Crippen LogP contribution in [-0.4, -0.2) is 6.17 Å². The average Bonchev–Trinajstić information content (AvgIpc) is 2.68. The molecule has 3 rings (SSSR count). The third-order valence-corrected chi connectivity index (χ3v) is 9.75. The highest BCUT2D eigenvalue weighted by Gasteiger charge is 2.42. The van der Waals surface area contributed by atoms with E-state index in [1.165, 1.54) is 64.2 Å². The topological polar surface area (TPSA) is 0 Å². The molecule has 8 unspecified atom stereocenters. The largest absolute Gasteiger partial charge is 0.247 e. The summed E-state index contributed by atoms with van der Waals surface area (Å²) in [6.45, 7) is 11.8. The van der Waals surface area contributed by atoms with E-state index in [1.54, 1.807) is 0 Å². The van der Waals surface area contributed by atoms with Crippen molar-refractivity contribution in [2.24, 2.45) is 53.3 Å². The van der Waals surface area contributed by atoms with Crippen molar-refractivity contribution in [2.75, 3.05) is 0 Å². The van der Waals surface area contributed by atoms with Gasteiger partial charge in [-0.3, -0.25) is 0 Å². The van der Waals surface area contributed by atoms with Crippen LogP contribution in [0.3, 0.4) is 0 Å². The van der Waals surface area contributed by atoms with Gasteiger partial charge in [-0.1, -0.05) is 53.9 Å². The van der Waals surface area contributed by atoms with Gasteiger partial charge >= 0.3 is 0 Å². The third-order valence-electron chi connectivity index (χ3n) is 9.75. The summed E-state index contributed by atoms with van der Waals surface area (Å²) < 4.78 is 14.6. The summed E-state index contributed by atoms with van der Waals surface area (Å²) in [4.78, 5) is 0. The SMILES string of the molecule is CCCCC1CCC(C2CCC(C3CCC(C)C(F)C3C)CC2)C(C)C1C. The molecule has 0 amide bonds. The van der Waals surface area contributed by atoms with E-state index in [4.69, 9.17) is 0 Å². The maximum atomic E-state index is 14.6. The van der Waals surface area contributed by atoms with Crippen LogP contribution in [0.2, 0.25) is 0 Å². The number of hydrogen-bond donors (Lipinski definition) is 0. The fourth-order valence-electron chi connectivity index (χ4n) is 7.59. The van der Waals surface area contributed by atoms with Crippen LogP contribution in [0.5, 0.6) is 0 Å². The standard InChI is InChI=1S/C26H47F/c1-6-7-8-21-14-16-24(19(4)18(21)3)22-10-12-23(13-11-22)25-15-9-17(2)26(27)20(25)5/h17-26H,6-16H2,1-5H3. The van der Waals surface area contributed by atoms with Crippen LogP contribution >= 0.6 is 0 Å². The molecule has 27 heavy (non-hydrogen) atoms. The molecular formula is C26H47F. The highest BCUT2D eigenvalue weighted by molar-refractivity contribution is 4.92. The van der Waals surface area contributed by atoms with E-state index in [-0.39, 0.29) is 5.92 Å². The Labute approximate surface area is 169 Å². The van der Waals surface area contributed by atoms with E-state index in [9.17, 15) is 4.39 Å². The fourth-order valence-corrected chi connectivity index (χ4v) is 7.59. The van der Waals surface area contributed by atoms with Crippen LogP contribution in [0.25, 0.3) is 0 Å². The Hall–Kier alpha value is -0.0700. The molecule has 3 aliphatic rings. The summed E-state index contributed by atoms with van der Waals surface area (Å²) in [5.74, 6) is 6.81. The first-order chi connectivity index (χ1) is 12.9. The molecule has 0 nitrogen and oxygen atoms in total. The predicted octanol–water partition coefficient (Wildman–Crippen LogP) is 8.30. The van der Waals surface area contributed by atoms with Crippen molar-refractivity contribution in [1.29, 1.82) is 0 Å². The van der Waals surface area contributed by atoms with Crippen molar-refractivity contribution in [2.45, 2.75) is 111 Å². The molecular weight excluding hydrogens is 331 g/mol. The molecule has 3 aliphatic carbocycles. The lowest BCUT2D eigenvalue weighted by Crippen LogP contribution is -2.40. The van der Waals surface area contributed by atoms with Gasteiger partial charge in [-0.2, -0.15) is 0 Å². The van der Waals surface area contributed by atoms with Crippen LogP contribution in [-0.2, 0) is 0 Å². The Morgan fingerprint density at radius 2 is 1.22 bits per heavy atom. The van der Waals surface area contributed by atoms with Crippen LogP contribution in [0, 0.1) is 53.3 Å². The lowest BCUT2D eigenvalue weighted by Gasteiger charge is -2.47. The number of halogens is 1. The molecule has 0 aromatic rings. The molecule has 0 aliphatic heterocycles. The highest BCUT2D eigenvalue weighted by atomic mass is 19.1. The fraction of sp³-hybridized carbons (Fsp3) is 1.00. The second kappa shape index (κ2) is 9.62. The van der Waals surface area contributed by atoms with Gasteiger partial charge in [-0.25, -0.2) is 4.39 Å². The minimum atomic E-state index is -0.555. The Bertz CT molecular complexity index is 437. The Balaban J connectivity index is 1.51. The molecule has 8 atom stereocenters. The van der Waals surface area contributed by atoms with Crippen LogP contribution in [0.4, 0.5) is 4.39 Å². The van der Waals surface area contributed by atoms with Crippen LogP contribution in [0.1, 0.15) is 105 Å². The van der Waals surface area contributed by atoms with Gasteiger partial charge in [0.2, 0.25) is 0 Å². The van der Waals surface area contributed by atoms with E-state index in [0.29, 0.717) is 11.8 Å². The predicted molar refractivity (Wildman–Crippen MR) is 115 cm³/mol. The zero-order chi connectivity index (χ0) is 19.6. The highest BCUT2D eigenvalue weighted by Crippen LogP contribution is 2.50. The second-order valence-electron chi connectivity index (χ2n) is 11.1. The van der Waals surface area contributed by atoms with E-state index in [2.05, 4.69) is 34.6 Å². The first kappa shape index (κ1) is 21.6. The first-order valence-electron chi connectivity index (χ1n) is 12.6. The second-order valence-corrected chi connectivity index (χ2v) is 11.1. The van der Waals surface area contributed by atoms with Gasteiger partial charge in [-0.15, -0.1) is 0 Å². The molecule has 3 saturated carbocycles. The number of unbranched alkanes of at least 4 members (excludes halogenated alkanes) is 1. The molecule has 0 saturated heterocycles. The van der Waals surface area contributed by atoms with Gasteiger partial charge in [0, 0.05) is 0 Å². The van der Waals surface area contributed by atoms with Crippen molar-refractivity contribution in [3.63, 3.8) is 0 Å². The molecule has 0 N–H and O–H groups in total. The summed E-state index contributed by atoms with van der Waals surface area (Å²) in [5, 5.41) is 0. The maximum Gasteiger partial charge on any atom is 0.105 e. The minimum absolute atomic E-state index is 0.290. The summed E-state index contributed by atoms with van der Waals surface area (Å²) >= 11 is 0. The van der Waals surface area contributed by atoms with Crippen molar-refractivity contribution in [1.82, 2.24) is 0 Å². The zero-order valence-electron chi connectivity index (χ0n) is 18.9. The summed E-state index contributed by atoms with van der Waals surface area (Å²) in [6, 6.07) is 0.